The average Bonchev–Trinajstić information content (AvgIpc) is 2.18. The maximum Gasteiger partial charge on any atom is 0.129 e. The zero-order chi connectivity index (χ0) is 11.3. The summed E-state index contributed by atoms with van der Waals surface area (Å²) in [5.74, 6) is 2.32. The normalized spacial score (nSPS) is 12.1. The van der Waals surface area contributed by atoms with Crippen LogP contribution >= 0.6 is 15.9 Å². The van der Waals surface area contributed by atoms with Crippen LogP contribution in [-0.4, -0.2) is 6.54 Å². The minimum Gasteiger partial charge on any atom is -0.309 e. The van der Waals surface area contributed by atoms with E-state index in [0.29, 0.717) is 12.0 Å². The van der Waals surface area contributed by atoms with Crippen molar-refractivity contribution in [3.05, 3.63) is 34.1 Å². The predicted octanol–water partition coefficient (Wildman–Crippen LogP) is 3.26. The maximum absolute atomic E-state index is 13.6. The van der Waals surface area contributed by atoms with Crippen molar-refractivity contribution in [2.45, 2.75) is 19.4 Å². The molecule has 1 aromatic carbocycles. The highest BCUT2D eigenvalue weighted by Crippen LogP contribution is 2.27. The standard InChI is InChI=1S/C12H13BrFN/c1-3-6-11(15-4-2)12-9(13)7-5-8-10(12)14/h1,5,7-8,11,15H,4,6H2,2H3. The van der Waals surface area contributed by atoms with Crippen LogP contribution in [0.5, 0.6) is 0 Å². The molecule has 0 aliphatic carbocycles. The Kier molecular flexibility index (Phi) is 4.80. The van der Waals surface area contributed by atoms with Crippen molar-refractivity contribution in [3.63, 3.8) is 0 Å². The molecular weight excluding hydrogens is 257 g/mol. The van der Waals surface area contributed by atoms with Gasteiger partial charge < -0.3 is 5.32 Å². The summed E-state index contributed by atoms with van der Waals surface area (Å²) in [5, 5.41) is 3.17. The van der Waals surface area contributed by atoms with Crippen LogP contribution in [0.1, 0.15) is 24.9 Å². The van der Waals surface area contributed by atoms with E-state index in [0.717, 1.165) is 11.0 Å². The smallest absolute Gasteiger partial charge is 0.129 e. The van der Waals surface area contributed by atoms with Gasteiger partial charge in [-0.25, -0.2) is 4.39 Å². The Balaban J connectivity index is 3.05. The molecule has 0 heterocycles. The van der Waals surface area contributed by atoms with Crippen molar-refractivity contribution in [1.82, 2.24) is 5.32 Å². The van der Waals surface area contributed by atoms with Gasteiger partial charge in [-0.15, -0.1) is 12.3 Å². The van der Waals surface area contributed by atoms with E-state index in [9.17, 15) is 4.39 Å². The highest BCUT2D eigenvalue weighted by Gasteiger charge is 2.16. The summed E-state index contributed by atoms with van der Waals surface area (Å²) < 4.78 is 14.4. The molecule has 0 aliphatic heterocycles. The lowest BCUT2D eigenvalue weighted by molar-refractivity contribution is 0.518. The van der Waals surface area contributed by atoms with Gasteiger partial charge >= 0.3 is 0 Å². The van der Waals surface area contributed by atoms with Crippen molar-refractivity contribution in [2.75, 3.05) is 6.54 Å². The minimum absolute atomic E-state index is 0.129. The molecule has 80 valence electrons. The van der Waals surface area contributed by atoms with E-state index in [1.54, 1.807) is 6.07 Å². The lowest BCUT2D eigenvalue weighted by Gasteiger charge is -2.17. The molecule has 1 N–H and O–H groups in total. The molecule has 1 nitrogen and oxygen atoms in total. The third-order valence-electron chi connectivity index (χ3n) is 2.12. The van der Waals surface area contributed by atoms with E-state index in [1.165, 1.54) is 6.07 Å². The lowest BCUT2D eigenvalue weighted by Crippen LogP contribution is -2.21. The molecule has 0 fully saturated rings. The summed E-state index contributed by atoms with van der Waals surface area (Å²) in [7, 11) is 0. The van der Waals surface area contributed by atoms with Crippen molar-refractivity contribution >= 4 is 15.9 Å². The van der Waals surface area contributed by atoms with Crippen LogP contribution in [0.3, 0.4) is 0 Å². The van der Waals surface area contributed by atoms with Crippen LogP contribution in [0.4, 0.5) is 4.39 Å². The molecule has 1 atom stereocenters. The van der Waals surface area contributed by atoms with Crippen LogP contribution in [0.25, 0.3) is 0 Å². The van der Waals surface area contributed by atoms with Crippen LogP contribution in [0.2, 0.25) is 0 Å². The van der Waals surface area contributed by atoms with E-state index >= 15 is 0 Å². The number of hydrogen-bond donors (Lipinski definition) is 1. The van der Waals surface area contributed by atoms with Gasteiger partial charge in [0.2, 0.25) is 0 Å². The number of nitrogens with one attached hydrogen (secondary N) is 1. The fourth-order valence-corrected chi connectivity index (χ4v) is 2.10. The van der Waals surface area contributed by atoms with E-state index in [4.69, 9.17) is 6.42 Å². The molecule has 0 radical (unpaired) electrons. The van der Waals surface area contributed by atoms with Gasteiger partial charge in [0.1, 0.15) is 5.82 Å². The van der Waals surface area contributed by atoms with E-state index in [-0.39, 0.29) is 11.9 Å². The lowest BCUT2D eigenvalue weighted by atomic mass is 10.0. The Labute approximate surface area is 98.2 Å². The molecule has 0 aliphatic rings. The fraction of sp³-hybridized carbons (Fsp3) is 0.333. The quantitative estimate of drug-likeness (QED) is 0.828. The summed E-state index contributed by atoms with van der Waals surface area (Å²) in [5.41, 5.74) is 0.609. The number of halogens is 2. The third-order valence-corrected chi connectivity index (χ3v) is 2.81. The first kappa shape index (κ1) is 12.2. The molecule has 1 aromatic rings. The topological polar surface area (TPSA) is 12.0 Å². The second-order valence-electron chi connectivity index (χ2n) is 3.15. The Morgan fingerprint density at radius 1 is 1.60 bits per heavy atom. The molecule has 0 saturated heterocycles. The van der Waals surface area contributed by atoms with Crippen molar-refractivity contribution in [1.29, 1.82) is 0 Å². The molecule has 1 rings (SSSR count). The zero-order valence-corrected chi connectivity index (χ0v) is 10.1. The zero-order valence-electron chi connectivity index (χ0n) is 8.56. The predicted molar refractivity (Wildman–Crippen MR) is 64.0 cm³/mol. The Morgan fingerprint density at radius 3 is 2.87 bits per heavy atom. The first-order valence-corrected chi connectivity index (χ1v) is 5.60. The molecule has 1 unspecified atom stereocenters. The van der Waals surface area contributed by atoms with Gasteiger partial charge in [0.25, 0.3) is 0 Å². The van der Waals surface area contributed by atoms with Gasteiger partial charge in [-0.3, -0.25) is 0 Å². The SMILES string of the molecule is C#CCC(NCC)c1c(F)cccc1Br. The summed E-state index contributed by atoms with van der Waals surface area (Å²) >= 11 is 3.34. The van der Waals surface area contributed by atoms with E-state index in [1.807, 2.05) is 13.0 Å². The van der Waals surface area contributed by atoms with E-state index in [2.05, 4.69) is 27.2 Å². The largest absolute Gasteiger partial charge is 0.309 e. The van der Waals surface area contributed by atoms with E-state index < -0.39 is 0 Å². The summed E-state index contributed by atoms with van der Waals surface area (Å²) in [6.07, 6.45) is 5.75. The Hall–Kier alpha value is -0.850. The van der Waals surface area contributed by atoms with Crippen LogP contribution in [0.15, 0.2) is 22.7 Å². The number of benzene rings is 1. The highest BCUT2D eigenvalue weighted by molar-refractivity contribution is 9.10. The molecule has 0 spiro atoms. The molecule has 0 bridgehead atoms. The first-order chi connectivity index (χ1) is 7.20. The van der Waals surface area contributed by atoms with Gasteiger partial charge in [-0.1, -0.05) is 28.9 Å². The molecule has 0 amide bonds. The molecular formula is C12H13BrFN. The van der Waals surface area contributed by atoms with Gasteiger partial charge in [0.15, 0.2) is 0 Å². The van der Waals surface area contributed by atoms with Gasteiger partial charge in [-0.2, -0.15) is 0 Å². The Morgan fingerprint density at radius 2 is 2.33 bits per heavy atom. The number of terminal acetylenes is 1. The fourth-order valence-electron chi connectivity index (χ4n) is 1.48. The molecule has 0 saturated carbocycles. The Bertz CT molecular complexity index is 350. The van der Waals surface area contributed by atoms with Crippen molar-refractivity contribution < 1.29 is 4.39 Å². The minimum atomic E-state index is -0.231. The summed E-state index contributed by atoms with van der Waals surface area (Å²) in [6.45, 7) is 2.73. The van der Waals surface area contributed by atoms with Crippen LogP contribution in [0, 0.1) is 18.2 Å². The summed E-state index contributed by atoms with van der Waals surface area (Å²) in [4.78, 5) is 0. The van der Waals surface area contributed by atoms with Crippen molar-refractivity contribution in [2.24, 2.45) is 0 Å². The second kappa shape index (κ2) is 5.89. The number of rotatable bonds is 4. The van der Waals surface area contributed by atoms with Crippen molar-refractivity contribution in [3.8, 4) is 12.3 Å². The number of hydrogen-bond acceptors (Lipinski definition) is 1. The molecule has 15 heavy (non-hydrogen) atoms. The highest BCUT2D eigenvalue weighted by atomic mass is 79.9. The third kappa shape index (κ3) is 3.05. The van der Waals surface area contributed by atoms with Gasteiger partial charge in [-0.05, 0) is 18.7 Å². The molecule has 0 aromatic heterocycles. The first-order valence-electron chi connectivity index (χ1n) is 4.81. The monoisotopic (exact) mass is 269 g/mol. The average molecular weight is 270 g/mol. The molecule has 3 heteroatoms. The second-order valence-corrected chi connectivity index (χ2v) is 4.01. The van der Waals surface area contributed by atoms with Crippen LogP contribution < -0.4 is 5.32 Å². The van der Waals surface area contributed by atoms with Gasteiger partial charge in [0.05, 0.1) is 0 Å². The van der Waals surface area contributed by atoms with Crippen LogP contribution in [-0.2, 0) is 0 Å². The van der Waals surface area contributed by atoms with Gasteiger partial charge in [0, 0.05) is 22.5 Å². The summed E-state index contributed by atoms with van der Waals surface area (Å²) in [6, 6.07) is 4.80. The maximum atomic E-state index is 13.6.